The zero-order valence-corrected chi connectivity index (χ0v) is 13.3. The van der Waals surface area contributed by atoms with Gasteiger partial charge in [-0.15, -0.1) is 0 Å². The lowest BCUT2D eigenvalue weighted by Gasteiger charge is -2.38. The second kappa shape index (κ2) is 7.60. The predicted octanol–water partition coefficient (Wildman–Crippen LogP) is 2.85. The minimum absolute atomic E-state index is 0.366. The van der Waals surface area contributed by atoms with Gasteiger partial charge in [0.05, 0.1) is 13.2 Å². The van der Waals surface area contributed by atoms with Crippen LogP contribution < -0.4 is 0 Å². The highest BCUT2D eigenvalue weighted by atomic mass is 28.4. The van der Waals surface area contributed by atoms with Crippen molar-refractivity contribution in [3.05, 3.63) is 0 Å². The van der Waals surface area contributed by atoms with Crippen molar-refractivity contribution in [3.63, 3.8) is 0 Å². The molecule has 0 unspecified atom stereocenters. The Morgan fingerprint density at radius 2 is 1.50 bits per heavy atom. The fraction of sp³-hybridized carbons (Fsp3) is 1.00. The van der Waals surface area contributed by atoms with E-state index >= 15 is 0 Å². The van der Waals surface area contributed by atoms with Crippen molar-refractivity contribution < 1.29 is 18.0 Å². The molecule has 5 heteroatoms. The highest BCUT2D eigenvalue weighted by molar-refractivity contribution is 6.60. The van der Waals surface area contributed by atoms with Crippen LogP contribution in [-0.4, -0.2) is 41.8 Å². The second-order valence-corrected chi connectivity index (χ2v) is 7.87. The molecule has 0 N–H and O–H groups in total. The quantitative estimate of drug-likeness (QED) is 0.575. The van der Waals surface area contributed by atoms with Gasteiger partial charge in [-0.25, -0.2) is 0 Å². The Balaban J connectivity index is 2.42. The van der Waals surface area contributed by atoms with Gasteiger partial charge < -0.3 is 18.0 Å². The maximum Gasteiger partial charge on any atom is 0.500 e. The van der Waals surface area contributed by atoms with E-state index in [4.69, 9.17) is 18.0 Å². The van der Waals surface area contributed by atoms with Crippen LogP contribution in [0.25, 0.3) is 0 Å². The number of rotatable bonds is 10. The summed E-state index contributed by atoms with van der Waals surface area (Å²) >= 11 is 0. The lowest BCUT2D eigenvalue weighted by atomic mass is 9.84. The predicted molar refractivity (Wildman–Crippen MR) is 73.6 cm³/mol. The van der Waals surface area contributed by atoms with E-state index in [1.165, 1.54) is 0 Å². The highest BCUT2D eigenvalue weighted by Gasteiger charge is 2.41. The number of hydrogen-bond donors (Lipinski definition) is 0. The van der Waals surface area contributed by atoms with E-state index in [2.05, 4.69) is 6.92 Å². The molecule has 0 saturated carbocycles. The van der Waals surface area contributed by atoms with Gasteiger partial charge >= 0.3 is 8.80 Å². The van der Waals surface area contributed by atoms with Crippen LogP contribution in [0, 0.1) is 5.41 Å². The molecule has 0 aliphatic carbocycles. The molecule has 0 aromatic carbocycles. The molecule has 1 rings (SSSR count). The third kappa shape index (κ3) is 4.62. The Kier molecular flexibility index (Phi) is 6.80. The summed E-state index contributed by atoms with van der Waals surface area (Å²) in [6.45, 7) is 12.0. The van der Waals surface area contributed by atoms with Crippen LogP contribution in [0.5, 0.6) is 0 Å². The molecule has 0 bridgehead atoms. The molecule has 1 saturated heterocycles. The normalized spacial score (nSPS) is 18.7. The molecular formula is C13H28O4Si. The molecule has 18 heavy (non-hydrogen) atoms. The first-order valence-electron chi connectivity index (χ1n) is 7.09. The standard InChI is InChI=1S/C13H28O4Si/c1-5-15-18(16-6-2,17-7-3)10-8-9-13(4)11-14-12-13/h5-12H2,1-4H3. The van der Waals surface area contributed by atoms with Gasteiger partial charge in [0.25, 0.3) is 0 Å². The largest absolute Gasteiger partial charge is 0.500 e. The lowest BCUT2D eigenvalue weighted by molar-refractivity contribution is -0.106. The van der Waals surface area contributed by atoms with Gasteiger partial charge in [0.2, 0.25) is 0 Å². The third-order valence-electron chi connectivity index (χ3n) is 3.26. The van der Waals surface area contributed by atoms with Crippen LogP contribution in [0.1, 0.15) is 40.5 Å². The summed E-state index contributed by atoms with van der Waals surface area (Å²) in [5.41, 5.74) is 0.366. The zero-order chi connectivity index (χ0) is 13.5. The molecule has 0 aromatic heterocycles. The van der Waals surface area contributed by atoms with Crippen LogP contribution in [0.15, 0.2) is 0 Å². The Morgan fingerprint density at radius 1 is 1.00 bits per heavy atom. The van der Waals surface area contributed by atoms with Crippen LogP contribution in [0.2, 0.25) is 6.04 Å². The summed E-state index contributed by atoms with van der Waals surface area (Å²) in [5, 5.41) is 0. The van der Waals surface area contributed by atoms with Gasteiger partial charge in [-0.2, -0.15) is 0 Å². The van der Waals surface area contributed by atoms with Gasteiger partial charge in [-0.3, -0.25) is 0 Å². The number of ether oxygens (including phenoxy) is 1. The minimum Gasteiger partial charge on any atom is -0.380 e. The molecule has 0 amide bonds. The van der Waals surface area contributed by atoms with Crippen LogP contribution in [0.3, 0.4) is 0 Å². The van der Waals surface area contributed by atoms with E-state index in [1.54, 1.807) is 0 Å². The van der Waals surface area contributed by atoms with Crippen LogP contribution in [0.4, 0.5) is 0 Å². The van der Waals surface area contributed by atoms with E-state index in [0.29, 0.717) is 25.2 Å². The molecule has 1 fully saturated rings. The van der Waals surface area contributed by atoms with Gasteiger partial charge in [0.1, 0.15) is 0 Å². The van der Waals surface area contributed by atoms with E-state index < -0.39 is 8.80 Å². The van der Waals surface area contributed by atoms with E-state index in [1.807, 2.05) is 20.8 Å². The first-order valence-corrected chi connectivity index (χ1v) is 9.02. The summed E-state index contributed by atoms with van der Waals surface area (Å²) in [7, 11) is -2.42. The fourth-order valence-corrected chi connectivity index (χ4v) is 4.94. The van der Waals surface area contributed by atoms with Crippen LogP contribution >= 0.6 is 0 Å². The van der Waals surface area contributed by atoms with Crippen molar-refractivity contribution in [3.8, 4) is 0 Å². The maximum atomic E-state index is 5.84. The average Bonchev–Trinajstić information content (AvgIpc) is 2.28. The topological polar surface area (TPSA) is 36.9 Å². The van der Waals surface area contributed by atoms with Crippen molar-refractivity contribution >= 4 is 8.80 Å². The Hall–Kier alpha value is 0.0569. The van der Waals surface area contributed by atoms with E-state index in [9.17, 15) is 0 Å². The van der Waals surface area contributed by atoms with Crippen molar-refractivity contribution in [2.75, 3.05) is 33.0 Å². The Morgan fingerprint density at radius 3 is 1.83 bits per heavy atom. The summed E-state index contributed by atoms with van der Waals surface area (Å²) in [4.78, 5) is 0. The van der Waals surface area contributed by atoms with Gasteiger partial charge in [-0.1, -0.05) is 6.92 Å². The summed E-state index contributed by atoms with van der Waals surface area (Å²) < 4.78 is 22.8. The molecule has 0 radical (unpaired) electrons. The molecule has 1 aliphatic heterocycles. The minimum atomic E-state index is -2.42. The summed E-state index contributed by atoms with van der Waals surface area (Å²) in [6.07, 6.45) is 2.25. The summed E-state index contributed by atoms with van der Waals surface area (Å²) in [6, 6.07) is 0.915. The Labute approximate surface area is 112 Å². The van der Waals surface area contributed by atoms with E-state index in [-0.39, 0.29) is 0 Å². The van der Waals surface area contributed by atoms with Crippen molar-refractivity contribution in [1.29, 1.82) is 0 Å². The fourth-order valence-electron chi connectivity index (χ4n) is 2.33. The van der Waals surface area contributed by atoms with E-state index in [0.717, 1.165) is 32.1 Å². The van der Waals surface area contributed by atoms with Gasteiger partial charge in [0, 0.05) is 31.3 Å². The van der Waals surface area contributed by atoms with Gasteiger partial charge in [0.15, 0.2) is 0 Å². The smallest absolute Gasteiger partial charge is 0.380 e. The van der Waals surface area contributed by atoms with Gasteiger partial charge in [-0.05, 0) is 33.6 Å². The molecule has 0 atom stereocenters. The monoisotopic (exact) mass is 276 g/mol. The SMILES string of the molecule is CCO[Si](CCCC1(C)COC1)(OCC)OCC. The van der Waals surface area contributed by atoms with Crippen molar-refractivity contribution in [2.45, 2.75) is 46.6 Å². The lowest BCUT2D eigenvalue weighted by Crippen LogP contribution is -2.46. The molecule has 1 heterocycles. The average molecular weight is 276 g/mol. The third-order valence-corrected chi connectivity index (χ3v) is 6.41. The Bertz CT molecular complexity index is 214. The molecular weight excluding hydrogens is 248 g/mol. The highest BCUT2D eigenvalue weighted by Crippen LogP contribution is 2.33. The molecule has 108 valence electrons. The molecule has 0 spiro atoms. The molecule has 4 nitrogen and oxygen atoms in total. The number of hydrogen-bond acceptors (Lipinski definition) is 4. The van der Waals surface area contributed by atoms with Crippen molar-refractivity contribution in [2.24, 2.45) is 5.41 Å². The molecule has 1 aliphatic rings. The summed E-state index contributed by atoms with van der Waals surface area (Å²) in [5.74, 6) is 0. The first-order chi connectivity index (χ1) is 8.60. The van der Waals surface area contributed by atoms with Crippen LogP contribution in [-0.2, 0) is 18.0 Å². The van der Waals surface area contributed by atoms with Crippen molar-refractivity contribution in [1.82, 2.24) is 0 Å². The second-order valence-electron chi connectivity index (χ2n) is 5.14. The molecule has 0 aromatic rings. The zero-order valence-electron chi connectivity index (χ0n) is 12.3. The maximum absolute atomic E-state index is 5.84. The first kappa shape index (κ1) is 16.1.